The fraction of sp³-hybridized carbons (Fsp3) is 0.323. The summed E-state index contributed by atoms with van der Waals surface area (Å²) in [6, 6.07) is 13.6. The summed E-state index contributed by atoms with van der Waals surface area (Å²) in [4.78, 5) is 19.7. The molecule has 2 aliphatic rings. The number of alkyl halides is 6. The predicted molar refractivity (Wildman–Crippen MR) is 173 cm³/mol. The van der Waals surface area contributed by atoms with E-state index in [-0.39, 0.29) is 22.9 Å². The Balaban J connectivity index is 0.000000314. The van der Waals surface area contributed by atoms with Crippen LogP contribution < -0.4 is 4.90 Å². The Bertz CT molecular complexity index is 2090. The zero-order chi connectivity index (χ0) is 38.1. The molecule has 280 valence electrons. The van der Waals surface area contributed by atoms with Crippen molar-refractivity contribution >= 4 is 41.5 Å². The average Bonchev–Trinajstić information content (AvgIpc) is 3.69. The topological polar surface area (TPSA) is 143 Å². The second-order valence-electron chi connectivity index (χ2n) is 11.5. The summed E-state index contributed by atoms with van der Waals surface area (Å²) in [7, 11) is -2.96. The van der Waals surface area contributed by atoms with Crippen LogP contribution in [0.3, 0.4) is 0 Å². The highest BCUT2D eigenvalue weighted by Gasteiger charge is 2.36. The highest BCUT2D eigenvalue weighted by molar-refractivity contribution is 8.13. The summed E-state index contributed by atoms with van der Waals surface area (Å²) in [6.45, 7) is 3.60. The molecular formula is C31H28ClF6N5O7S2. The van der Waals surface area contributed by atoms with Crippen LogP contribution in [-0.4, -0.2) is 87.6 Å². The number of carbonyl (C=O) groups is 1. The van der Waals surface area contributed by atoms with E-state index in [9.17, 15) is 48.0 Å². The van der Waals surface area contributed by atoms with Crippen LogP contribution >= 0.6 is 10.7 Å². The standard InChI is InChI=1S/C24H24F3N5O5S.C7H4ClF3O2S/c1-16-28-22(29-37-16)17-2-6-19(7-3-17)32-15-20(36-23(32)33)14-30-10-12-31(13-11-30)38(34,35)21-8-4-18(5-9-21)24(25,26)27;8-14(12,13)6-3-1-5(2-4-6)7(9,10)11/h2-9,20H,10-15H2,1H3;1-4H. The first-order chi connectivity index (χ1) is 24.2. The van der Waals surface area contributed by atoms with Gasteiger partial charge in [-0.1, -0.05) is 5.16 Å². The summed E-state index contributed by atoms with van der Waals surface area (Å²) < 4.78 is 133. The molecule has 1 aromatic heterocycles. The minimum absolute atomic E-state index is 0.171. The third-order valence-electron chi connectivity index (χ3n) is 7.91. The van der Waals surface area contributed by atoms with E-state index >= 15 is 0 Å². The molecule has 0 bridgehead atoms. The molecule has 1 atom stereocenters. The van der Waals surface area contributed by atoms with Gasteiger partial charge in [0.15, 0.2) is 0 Å². The Morgan fingerprint density at radius 3 is 1.77 bits per heavy atom. The van der Waals surface area contributed by atoms with Crippen molar-refractivity contribution < 1.29 is 57.2 Å². The number of benzene rings is 3. The van der Waals surface area contributed by atoms with Gasteiger partial charge in [0, 0.05) is 61.6 Å². The number of sulfonamides is 1. The lowest BCUT2D eigenvalue weighted by Gasteiger charge is -2.34. The molecule has 0 aliphatic carbocycles. The second-order valence-corrected chi connectivity index (χ2v) is 16.0. The van der Waals surface area contributed by atoms with Crippen LogP contribution in [0.4, 0.5) is 36.8 Å². The lowest BCUT2D eigenvalue weighted by molar-refractivity contribution is -0.138. The van der Waals surface area contributed by atoms with Crippen LogP contribution in [0, 0.1) is 6.92 Å². The van der Waals surface area contributed by atoms with Gasteiger partial charge < -0.3 is 9.26 Å². The van der Waals surface area contributed by atoms with E-state index in [1.54, 1.807) is 31.2 Å². The van der Waals surface area contributed by atoms with E-state index < -0.39 is 54.8 Å². The molecule has 52 heavy (non-hydrogen) atoms. The number of cyclic esters (lactones) is 1. The highest BCUT2D eigenvalue weighted by Crippen LogP contribution is 2.32. The molecule has 3 aromatic carbocycles. The largest absolute Gasteiger partial charge is 0.443 e. The maximum absolute atomic E-state index is 12.9. The summed E-state index contributed by atoms with van der Waals surface area (Å²) in [5.74, 6) is 0.906. The summed E-state index contributed by atoms with van der Waals surface area (Å²) in [5, 5.41) is 3.88. The lowest BCUT2D eigenvalue weighted by Crippen LogP contribution is -2.50. The van der Waals surface area contributed by atoms with Crippen LogP contribution in [0.1, 0.15) is 17.0 Å². The monoisotopic (exact) mass is 795 g/mol. The summed E-state index contributed by atoms with van der Waals surface area (Å²) in [5.41, 5.74) is -0.409. The molecule has 0 saturated carbocycles. The van der Waals surface area contributed by atoms with Crippen molar-refractivity contribution in [1.29, 1.82) is 0 Å². The van der Waals surface area contributed by atoms with E-state index in [4.69, 9.17) is 19.9 Å². The van der Waals surface area contributed by atoms with Crippen LogP contribution in [0.25, 0.3) is 11.4 Å². The van der Waals surface area contributed by atoms with Gasteiger partial charge in [0.2, 0.25) is 21.7 Å². The summed E-state index contributed by atoms with van der Waals surface area (Å²) >= 11 is 0. The van der Waals surface area contributed by atoms with E-state index in [2.05, 4.69) is 10.1 Å². The van der Waals surface area contributed by atoms with Crippen LogP contribution in [0.5, 0.6) is 0 Å². The molecule has 21 heteroatoms. The molecule has 0 radical (unpaired) electrons. The lowest BCUT2D eigenvalue weighted by atomic mass is 10.2. The third kappa shape index (κ3) is 9.40. The number of rotatable bonds is 7. The van der Waals surface area contributed by atoms with Crippen LogP contribution in [-0.2, 0) is 36.2 Å². The molecule has 4 aromatic rings. The maximum atomic E-state index is 12.9. The minimum atomic E-state index is -4.54. The van der Waals surface area contributed by atoms with Gasteiger partial charge in [-0.25, -0.2) is 21.6 Å². The molecule has 0 spiro atoms. The Hall–Kier alpha value is -4.24. The number of ether oxygens (including phenoxy) is 1. The molecule has 0 N–H and O–H groups in total. The zero-order valence-corrected chi connectivity index (χ0v) is 29.2. The first-order valence-corrected chi connectivity index (χ1v) is 18.9. The molecule has 2 aliphatic heterocycles. The molecule has 1 unspecified atom stereocenters. The number of anilines is 1. The summed E-state index contributed by atoms with van der Waals surface area (Å²) in [6.07, 6.45) is -9.89. The van der Waals surface area contributed by atoms with Gasteiger partial charge in [0.05, 0.1) is 27.5 Å². The van der Waals surface area contributed by atoms with E-state index in [1.807, 2.05) is 4.90 Å². The Morgan fingerprint density at radius 1 is 0.788 bits per heavy atom. The van der Waals surface area contributed by atoms with Crippen molar-refractivity contribution in [3.63, 3.8) is 0 Å². The van der Waals surface area contributed by atoms with Crippen molar-refractivity contribution in [2.24, 2.45) is 0 Å². The van der Waals surface area contributed by atoms with Gasteiger partial charge in [-0.3, -0.25) is 9.80 Å². The second kappa shape index (κ2) is 15.0. The Morgan fingerprint density at radius 2 is 1.31 bits per heavy atom. The number of amides is 1. The van der Waals surface area contributed by atoms with Gasteiger partial charge in [-0.2, -0.15) is 35.6 Å². The zero-order valence-electron chi connectivity index (χ0n) is 26.8. The normalized spacial score (nSPS) is 17.8. The van der Waals surface area contributed by atoms with Gasteiger partial charge >= 0.3 is 18.4 Å². The molecule has 2 fully saturated rings. The predicted octanol–water partition coefficient (Wildman–Crippen LogP) is 6.03. The molecule has 3 heterocycles. The van der Waals surface area contributed by atoms with Gasteiger partial charge in [0.1, 0.15) is 6.10 Å². The van der Waals surface area contributed by atoms with Crippen molar-refractivity contribution in [1.82, 2.24) is 19.3 Å². The van der Waals surface area contributed by atoms with Crippen molar-refractivity contribution in [3.05, 3.63) is 89.8 Å². The SMILES string of the molecule is Cc1nc(-c2ccc(N3CC(CN4CCN(S(=O)(=O)c5ccc(C(F)(F)F)cc5)CC4)OC3=O)cc2)no1.O=S(=O)(Cl)c1ccc(C(F)(F)F)cc1. The minimum Gasteiger partial charge on any atom is -0.443 e. The molecular weight excluding hydrogens is 768 g/mol. The quantitative estimate of drug-likeness (QED) is 0.161. The number of carbonyl (C=O) groups excluding carboxylic acids is 1. The van der Waals surface area contributed by atoms with Crippen molar-refractivity contribution in [2.75, 3.05) is 44.2 Å². The van der Waals surface area contributed by atoms with E-state index in [1.165, 1.54) is 9.21 Å². The number of hydrogen-bond donors (Lipinski definition) is 0. The van der Waals surface area contributed by atoms with Crippen molar-refractivity contribution in [2.45, 2.75) is 35.2 Å². The molecule has 2 saturated heterocycles. The van der Waals surface area contributed by atoms with Gasteiger partial charge in [-0.05, 0) is 72.8 Å². The fourth-order valence-corrected chi connectivity index (χ4v) is 7.44. The number of piperazine rings is 1. The van der Waals surface area contributed by atoms with E-state index in [0.717, 1.165) is 42.0 Å². The number of aromatic nitrogens is 2. The van der Waals surface area contributed by atoms with Crippen molar-refractivity contribution in [3.8, 4) is 11.4 Å². The number of nitrogens with zero attached hydrogens (tertiary/aromatic N) is 5. The Kier molecular flexibility index (Phi) is 11.3. The number of aryl methyl sites for hydroxylation is 1. The average molecular weight is 796 g/mol. The first kappa shape index (κ1) is 39.0. The van der Waals surface area contributed by atoms with Gasteiger partial charge in [-0.15, -0.1) is 0 Å². The van der Waals surface area contributed by atoms with Gasteiger partial charge in [0.25, 0.3) is 9.05 Å². The van der Waals surface area contributed by atoms with Crippen LogP contribution in [0.15, 0.2) is 87.1 Å². The van der Waals surface area contributed by atoms with E-state index in [0.29, 0.717) is 55.7 Å². The fourth-order valence-electron chi connectivity index (χ4n) is 5.25. The number of halogens is 7. The highest BCUT2D eigenvalue weighted by atomic mass is 35.7. The molecule has 12 nitrogen and oxygen atoms in total. The number of hydrogen-bond acceptors (Lipinski definition) is 10. The third-order valence-corrected chi connectivity index (χ3v) is 11.2. The molecule has 6 rings (SSSR count). The first-order valence-electron chi connectivity index (χ1n) is 15.1. The van der Waals surface area contributed by atoms with Crippen LogP contribution in [0.2, 0.25) is 0 Å². The Labute approximate surface area is 298 Å². The molecule has 1 amide bonds. The maximum Gasteiger partial charge on any atom is 0.416 e. The smallest absolute Gasteiger partial charge is 0.416 e.